The number of carbonyl (C=O) groups excluding carboxylic acids is 3. The Morgan fingerprint density at radius 1 is 0.941 bits per heavy atom. The van der Waals surface area contributed by atoms with E-state index >= 15 is 0 Å². The lowest BCUT2D eigenvalue weighted by atomic mass is 9.75. The van der Waals surface area contributed by atoms with Gasteiger partial charge < -0.3 is 9.80 Å². The van der Waals surface area contributed by atoms with Crippen LogP contribution in [0, 0.1) is 11.8 Å². The first kappa shape index (κ1) is 19.9. The molecule has 5 atom stereocenters. The maximum Gasteiger partial charge on any atom is 0.294 e. The van der Waals surface area contributed by atoms with E-state index < -0.39 is 17.4 Å². The molecule has 3 aromatic carbocycles. The van der Waals surface area contributed by atoms with Gasteiger partial charge in [-0.2, -0.15) is 0 Å². The monoisotopic (exact) mass is 452 g/mol. The van der Waals surface area contributed by atoms with Crippen molar-refractivity contribution in [1.82, 2.24) is 0 Å². The number of nitrogens with one attached hydrogen (secondary N) is 1. The number of quaternary nitrogens is 1. The molecule has 0 saturated carbocycles. The van der Waals surface area contributed by atoms with Crippen LogP contribution >= 0.6 is 0 Å². The summed E-state index contributed by atoms with van der Waals surface area (Å²) in [7, 11) is 0. The maximum atomic E-state index is 14.2. The summed E-state index contributed by atoms with van der Waals surface area (Å²) in [5, 5.41) is 2.05. The number of carbonyl (C=O) groups is 3. The molecule has 170 valence electrons. The SMILES string of the molecule is CCN1C(=O)[C@@]2(c3ccccc31)[C@@H]1C(=O)N(c3ccc4ccccc4c3)C(=O)[C@@H]1[C@@H]1CCC[NH+]12. The number of fused-ring (bicyclic) bond motifs is 8. The highest BCUT2D eigenvalue weighted by Crippen LogP contribution is 2.53. The smallest absolute Gasteiger partial charge is 0.294 e. The quantitative estimate of drug-likeness (QED) is 0.607. The number of amides is 3. The van der Waals surface area contributed by atoms with E-state index in [0.29, 0.717) is 12.2 Å². The van der Waals surface area contributed by atoms with Gasteiger partial charge in [0.25, 0.3) is 5.91 Å². The van der Waals surface area contributed by atoms with Crippen molar-refractivity contribution in [3.63, 3.8) is 0 Å². The topological polar surface area (TPSA) is 62.1 Å². The number of anilines is 2. The number of imide groups is 1. The van der Waals surface area contributed by atoms with Gasteiger partial charge in [0.2, 0.25) is 17.4 Å². The van der Waals surface area contributed by atoms with E-state index in [4.69, 9.17) is 0 Å². The molecule has 1 spiro atoms. The summed E-state index contributed by atoms with van der Waals surface area (Å²) < 4.78 is 0. The minimum absolute atomic E-state index is 0.0132. The van der Waals surface area contributed by atoms with E-state index in [-0.39, 0.29) is 23.8 Å². The fourth-order valence-electron chi connectivity index (χ4n) is 7.48. The van der Waals surface area contributed by atoms with Crippen LogP contribution in [0.25, 0.3) is 10.8 Å². The summed E-state index contributed by atoms with van der Waals surface area (Å²) in [6.45, 7) is 3.33. The fraction of sp³-hybridized carbons (Fsp3) is 0.321. The Bertz CT molecular complexity index is 1400. The Morgan fingerprint density at radius 3 is 2.53 bits per heavy atom. The van der Waals surface area contributed by atoms with E-state index in [1.165, 1.54) is 4.90 Å². The second kappa shape index (κ2) is 6.76. The van der Waals surface area contributed by atoms with Crippen LogP contribution in [0.15, 0.2) is 66.7 Å². The summed E-state index contributed by atoms with van der Waals surface area (Å²) in [5.74, 6) is -1.53. The number of hydrogen-bond donors (Lipinski definition) is 1. The number of nitrogens with zero attached hydrogens (tertiary/aromatic N) is 2. The average Bonchev–Trinajstić information content (AvgIpc) is 3.56. The van der Waals surface area contributed by atoms with Crippen molar-refractivity contribution in [2.45, 2.75) is 31.3 Å². The number of benzene rings is 3. The molecular weight excluding hydrogens is 426 g/mol. The molecule has 4 aliphatic rings. The van der Waals surface area contributed by atoms with Crippen LogP contribution in [0.5, 0.6) is 0 Å². The predicted octanol–water partition coefficient (Wildman–Crippen LogP) is 2.27. The molecule has 3 fully saturated rings. The zero-order chi connectivity index (χ0) is 23.2. The van der Waals surface area contributed by atoms with Crippen molar-refractivity contribution >= 4 is 39.9 Å². The maximum absolute atomic E-state index is 14.2. The predicted molar refractivity (Wildman–Crippen MR) is 128 cm³/mol. The minimum atomic E-state index is -1.02. The van der Waals surface area contributed by atoms with Gasteiger partial charge >= 0.3 is 0 Å². The Labute approximate surface area is 197 Å². The van der Waals surface area contributed by atoms with E-state index in [2.05, 4.69) is 0 Å². The lowest BCUT2D eigenvalue weighted by molar-refractivity contribution is -0.948. The zero-order valence-electron chi connectivity index (χ0n) is 19.0. The van der Waals surface area contributed by atoms with E-state index in [0.717, 1.165) is 46.3 Å². The summed E-state index contributed by atoms with van der Waals surface area (Å²) in [4.78, 5) is 46.7. The van der Waals surface area contributed by atoms with Crippen molar-refractivity contribution in [2.75, 3.05) is 22.9 Å². The van der Waals surface area contributed by atoms with Crippen molar-refractivity contribution in [2.24, 2.45) is 11.8 Å². The molecule has 7 rings (SSSR count). The zero-order valence-corrected chi connectivity index (χ0v) is 19.0. The molecule has 3 aromatic rings. The van der Waals surface area contributed by atoms with Crippen LogP contribution in [0.4, 0.5) is 11.4 Å². The molecule has 4 heterocycles. The molecule has 0 radical (unpaired) electrons. The highest BCUT2D eigenvalue weighted by molar-refractivity contribution is 6.25. The molecule has 1 unspecified atom stereocenters. The van der Waals surface area contributed by atoms with Crippen LogP contribution in [0.2, 0.25) is 0 Å². The molecule has 6 nitrogen and oxygen atoms in total. The van der Waals surface area contributed by atoms with Gasteiger partial charge in [-0.25, -0.2) is 4.90 Å². The second-order valence-corrected chi connectivity index (χ2v) is 9.95. The summed E-state index contributed by atoms with van der Waals surface area (Å²) in [6, 6.07) is 21.5. The van der Waals surface area contributed by atoms with Gasteiger partial charge in [-0.05, 0) is 35.9 Å². The molecule has 34 heavy (non-hydrogen) atoms. The summed E-state index contributed by atoms with van der Waals surface area (Å²) in [5.41, 5.74) is 1.39. The largest absolute Gasteiger partial charge is 0.315 e. The molecule has 4 aliphatic heterocycles. The van der Waals surface area contributed by atoms with Crippen LogP contribution in [0.3, 0.4) is 0 Å². The van der Waals surface area contributed by atoms with E-state index in [1.807, 2.05) is 78.6 Å². The van der Waals surface area contributed by atoms with Crippen molar-refractivity contribution in [3.05, 3.63) is 72.3 Å². The Balaban J connectivity index is 1.42. The number of rotatable bonds is 2. The van der Waals surface area contributed by atoms with Gasteiger partial charge in [0.15, 0.2) is 0 Å². The van der Waals surface area contributed by atoms with Crippen molar-refractivity contribution in [3.8, 4) is 0 Å². The second-order valence-electron chi connectivity index (χ2n) is 9.95. The summed E-state index contributed by atoms with van der Waals surface area (Å²) >= 11 is 0. The molecule has 3 amide bonds. The third-order valence-electron chi connectivity index (χ3n) is 8.68. The van der Waals surface area contributed by atoms with Crippen LogP contribution in [-0.2, 0) is 19.9 Å². The molecule has 0 aromatic heterocycles. The Kier molecular flexibility index (Phi) is 3.96. The fourth-order valence-corrected chi connectivity index (χ4v) is 7.48. The van der Waals surface area contributed by atoms with E-state index in [9.17, 15) is 14.4 Å². The van der Waals surface area contributed by atoms with Crippen LogP contribution < -0.4 is 14.7 Å². The molecule has 1 N–H and O–H groups in total. The van der Waals surface area contributed by atoms with E-state index in [1.54, 1.807) is 0 Å². The molecular formula is C28H26N3O3+. The Hall–Kier alpha value is -3.51. The van der Waals surface area contributed by atoms with Crippen LogP contribution in [0.1, 0.15) is 25.3 Å². The first-order valence-electron chi connectivity index (χ1n) is 12.2. The van der Waals surface area contributed by atoms with Gasteiger partial charge in [0.1, 0.15) is 17.9 Å². The number of hydrogen-bond acceptors (Lipinski definition) is 3. The van der Waals surface area contributed by atoms with Crippen LogP contribution in [-0.4, -0.2) is 36.9 Å². The third-order valence-corrected chi connectivity index (χ3v) is 8.68. The van der Waals surface area contributed by atoms with Crippen molar-refractivity contribution in [1.29, 1.82) is 0 Å². The standard InChI is InChI=1S/C28H25N3O3/c1-2-29-21-11-6-5-10-20(21)28(27(29)34)24-23(22-12-7-15-30(22)28)25(32)31(26(24)33)19-14-13-17-8-3-4-9-18(17)16-19/h3-6,8-11,13-14,16,22-24H,2,7,12,15H2,1H3/p+1/t22-,23+,24-,28+/m0/s1. The Morgan fingerprint density at radius 2 is 1.71 bits per heavy atom. The van der Waals surface area contributed by atoms with Crippen molar-refractivity contribution < 1.29 is 19.3 Å². The molecule has 6 heteroatoms. The number of likely N-dealkylation sites (N-methyl/N-ethyl adjacent to an activating group) is 1. The number of para-hydroxylation sites is 1. The van der Waals surface area contributed by atoms with Gasteiger partial charge in [-0.3, -0.25) is 14.4 Å². The first-order chi connectivity index (χ1) is 16.6. The lowest BCUT2D eigenvalue weighted by Crippen LogP contribution is -3.20. The summed E-state index contributed by atoms with van der Waals surface area (Å²) in [6.07, 6.45) is 1.83. The van der Waals surface area contributed by atoms with Gasteiger partial charge in [-0.1, -0.05) is 48.5 Å². The van der Waals surface area contributed by atoms with Gasteiger partial charge in [-0.15, -0.1) is 0 Å². The normalized spacial score (nSPS) is 31.6. The first-order valence-corrected chi connectivity index (χ1v) is 12.2. The van der Waals surface area contributed by atoms with Gasteiger partial charge in [0, 0.05) is 24.9 Å². The molecule has 3 saturated heterocycles. The minimum Gasteiger partial charge on any atom is -0.315 e. The molecule has 0 aliphatic carbocycles. The van der Waals surface area contributed by atoms with Gasteiger partial charge in [0.05, 0.1) is 17.9 Å². The average molecular weight is 453 g/mol. The highest BCUT2D eigenvalue weighted by Gasteiger charge is 2.79. The lowest BCUT2D eigenvalue weighted by Gasteiger charge is -2.34. The molecule has 0 bridgehead atoms. The highest BCUT2D eigenvalue weighted by atomic mass is 16.2. The third kappa shape index (κ3) is 2.18.